The van der Waals surface area contributed by atoms with E-state index in [2.05, 4.69) is 15.5 Å². The highest BCUT2D eigenvalue weighted by atomic mass is 35.5. The van der Waals surface area contributed by atoms with Crippen LogP contribution in [0, 0.1) is 10.1 Å². The lowest BCUT2D eigenvalue weighted by molar-refractivity contribution is -0.396. The molecule has 1 aromatic heterocycles. The fourth-order valence-corrected chi connectivity index (χ4v) is 1.46. The largest absolute Gasteiger partial charge is 0.435 e. The van der Waals surface area contributed by atoms with Crippen molar-refractivity contribution >= 4 is 29.2 Å². The van der Waals surface area contributed by atoms with Gasteiger partial charge in [0.15, 0.2) is 6.54 Å². The molecule has 0 aliphatic heterocycles. The number of nitrogens with zero attached hydrogens (tertiary/aromatic N) is 4. The molecule has 0 saturated carbocycles. The summed E-state index contributed by atoms with van der Waals surface area (Å²) < 4.78 is 1.09. The van der Waals surface area contributed by atoms with Gasteiger partial charge in [-0.25, -0.2) is 4.57 Å². The average Bonchev–Trinajstić information content (AvgIpc) is 2.76. The van der Waals surface area contributed by atoms with Crippen molar-refractivity contribution in [3.05, 3.63) is 22.5 Å². The van der Waals surface area contributed by atoms with Crippen LogP contribution in [0.25, 0.3) is 0 Å². The molecule has 1 aromatic rings. The summed E-state index contributed by atoms with van der Waals surface area (Å²) in [4.78, 5) is 24.2. The minimum atomic E-state index is -0.914. The third kappa shape index (κ3) is 4.19. The molecule has 1 amide bonds. The Morgan fingerprint density at radius 1 is 1.70 bits per heavy atom. The van der Waals surface area contributed by atoms with Gasteiger partial charge >= 0.3 is 5.95 Å². The minimum absolute atomic E-state index is 0.0612. The molecule has 1 heterocycles. The molecule has 10 heteroatoms. The van der Waals surface area contributed by atoms with Gasteiger partial charge in [0, 0.05) is 0 Å². The molecule has 20 heavy (non-hydrogen) atoms. The third-order valence-electron chi connectivity index (χ3n) is 2.43. The standard InChI is InChI=1S/C10H14ClN5O4/c1-10(2,11)7(14-18)5-13-8(17)6-15-4-3-12-9(15)16(19)20/h3-4,18H,5-6H2,1-2H3,(H,13,17). The first-order chi connectivity index (χ1) is 9.25. The summed E-state index contributed by atoms with van der Waals surface area (Å²) in [6.07, 6.45) is 2.55. The van der Waals surface area contributed by atoms with Crippen LogP contribution in [0.5, 0.6) is 0 Å². The Hall–Kier alpha value is -2.16. The molecule has 0 aromatic carbocycles. The topological polar surface area (TPSA) is 123 Å². The van der Waals surface area contributed by atoms with Crippen LogP contribution in [-0.2, 0) is 11.3 Å². The number of nitro groups is 1. The van der Waals surface area contributed by atoms with E-state index in [4.69, 9.17) is 16.8 Å². The average molecular weight is 304 g/mol. The lowest BCUT2D eigenvalue weighted by atomic mass is 10.1. The zero-order valence-electron chi connectivity index (χ0n) is 10.9. The highest BCUT2D eigenvalue weighted by Crippen LogP contribution is 2.14. The second kappa shape index (κ2) is 6.33. The van der Waals surface area contributed by atoms with Gasteiger partial charge in [0.1, 0.15) is 12.4 Å². The van der Waals surface area contributed by atoms with E-state index in [-0.39, 0.29) is 18.8 Å². The SMILES string of the molecule is CC(C)(Cl)C(CNC(=O)Cn1ccnc1[N+](=O)[O-])=NO. The summed E-state index contributed by atoms with van der Waals surface area (Å²) in [7, 11) is 0. The number of aromatic nitrogens is 2. The van der Waals surface area contributed by atoms with Gasteiger partial charge in [0.25, 0.3) is 5.91 Å². The normalized spacial score (nSPS) is 12.2. The molecule has 0 spiro atoms. The number of nitrogens with one attached hydrogen (secondary N) is 1. The number of imidazole rings is 1. The molecule has 2 N–H and O–H groups in total. The molecular formula is C10H14ClN5O4. The Balaban J connectivity index is 2.61. The fourth-order valence-electron chi connectivity index (χ4n) is 1.35. The lowest BCUT2D eigenvalue weighted by Crippen LogP contribution is -2.39. The molecule has 9 nitrogen and oxygen atoms in total. The van der Waals surface area contributed by atoms with Crippen molar-refractivity contribution in [2.24, 2.45) is 5.16 Å². The smallest absolute Gasteiger partial charge is 0.411 e. The van der Waals surface area contributed by atoms with Gasteiger partial charge in [0.2, 0.25) is 0 Å². The number of alkyl halides is 1. The number of carbonyl (C=O) groups is 1. The first kappa shape index (κ1) is 15.9. The first-order valence-corrected chi connectivity index (χ1v) is 5.96. The molecule has 0 saturated heterocycles. The summed E-state index contributed by atoms with van der Waals surface area (Å²) >= 11 is 5.95. The molecule has 0 bridgehead atoms. The van der Waals surface area contributed by atoms with Crippen molar-refractivity contribution in [3.8, 4) is 0 Å². The van der Waals surface area contributed by atoms with E-state index in [9.17, 15) is 14.9 Å². The van der Waals surface area contributed by atoms with Gasteiger partial charge in [-0.2, -0.15) is 0 Å². The van der Waals surface area contributed by atoms with E-state index in [1.807, 2.05) is 0 Å². The van der Waals surface area contributed by atoms with Crippen LogP contribution in [0.3, 0.4) is 0 Å². The number of amides is 1. The van der Waals surface area contributed by atoms with Crippen LogP contribution in [0.15, 0.2) is 17.5 Å². The maximum atomic E-state index is 11.7. The van der Waals surface area contributed by atoms with Crippen LogP contribution in [-0.4, -0.2) is 42.7 Å². The van der Waals surface area contributed by atoms with Crippen LogP contribution in [0.2, 0.25) is 0 Å². The van der Waals surface area contributed by atoms with Gasteiger partial charge < -0.3 is 20.6 Å². The van der Waals surface area contributed by atoms with Crippen molar-refractivity contribution < 1.29 is 14.9 Å². The molecular weight excluding hydrogens is 290 g/mol. The van der Waals surface area contributed by atoms with Crippen LogP contribution in [0.1, 0.15) is 13.8 Å². The Morgan fingerprint density at radius 3 is 2.85 bits per heavy atom. The summed E-state index contributed by atoms with van der Waals surface area (Å²) in [5.74, 6) is -0.915. The van der Waals surface area contributed by atoms with Gasteiger partial charge in [-0.1, -0.05) is 10.1 Å². The Morgan fingerprint density at radius 2 is 2.35 bits per heavy atom. The second-order valence-electron chi connectivity index (χ2n) is 4.41. The summed E-state index contributed by atoms with van der Waals surface area (Å²) in [6, 6.07) is 0. The fraction of sp³-hybridized carbons (Fsp3) is 0.500. The van der Waals surface area contributed by atoms with E-state index >= 15 is 0 Å². The summed E-state index contributed by atoms with van der Waals surface area (Å²) in [5, 5.41) is 24.9. The molecule has 0 fully saturated rings. The number of rotatable bonds is 6. The van der Waals surface area contributed by atoms with E-state index in [1.165, 1.54) is 12.4 Å². The van der Waals surface area contributed by atoms with Crippen LogP contribution in [0.4, 0.5) is 5.95 Å². The Bertz CT molecular complexity index is 534. The predicted octanol–water partition coefficient (Wildman–Crippen LogP) is 0.755. The van der Waals surface area contributed by atoms with Crippen LogP contribution >= 0.6 is 11.6 Å². The zero-order valence-corrected chi connectivity index (χ0v) is 11.7. The van der Waals surface area contributed by atoms with Gasteiger partial charge in [0.05, 0.1) is 17.1 Å². The maximum Gasteiger partial charge on any atom is 0.435 e. The molecule has 1 rings (SSSR count). The van der Waals surface area contributed by atoms with Gasteiger partial charge in [-0.05, 0) is 18.8 Å². The quantitative estimate of drug-likeness (QED) is 0.264. The van der Waals surface area contributed by atoms with Crippen molar-refractivity contribution in [1.82, 2.24) is 14.9 Å². The first-order valence-electron chi connectivity index (χ1n) is 5.58. The van der Waals surface area contributed by atoms with E-state index in [0.29, 0.717) is 0 Å². The number of halogens is 1. The van der Waals surface area contributed by atoms with E-state index < -0.39 is 21.7 Å². The number of carbonyl (C=O) groups excluding carboxylic acids is 1. The minimum Gasteiger partial charge on any atom is -0.411 e. The van der Waals surface area contributed by atoms with Crippen molar-refractivity contribution in [2.75, 3.05) is 6.54 Å². The van der Waals surface area contributed by atoms with Crippen LogP contribution < -0.4 is 5.32 Å². The molecule has 110 valence electrons. The van der Waals surface area contributed by atoms with Crippen molar-refractivity contribution in [2.45, 2.75) is 25.3 Å². The summed E-state index contributed by atoms with van der Waals surface area (Å²) in [5.41, 5.74) is 0.174. The number of hydrogen-bond donors (Lipinski definition) is 2. The van der Waals surface area contributed by atoms with Gasteiger partial charge in [-0.3, -0.25) is 4.79 Å². The third-order valence-corrected chi connectivity index (χ3v) is 2.65. The molecule has 0 atom stereocenters. The second-order valence-corrected chi connectivity index (χ2v) is 5.35. The maximum absolute atomic E-state index is 11.7. The number of hydrogen-bond acceptors (Lipinski definition) is 6. The highest BCUT2D eigenvalue weighted by molar-refractivity contribution is 6.36. The number of oxime groups is 1. The van der Waals surface area contributed by atoms with E-state index in [0.717, 1.165) is 4.57 Å². The Kier molecular flexibility index (Phi) is 5.03. The molecule has 0 aliphatic carbocycles. The molecule has 0 aliphatic rings. The predicted molar refractivity (Wildman–Crippen MR) is 71.0 cm³/mol. The van der Waals surface area contributed by atoms with Gasteiger partial charge in [-0.15, -0.1) is 11.6 Å². The highest BCUT2D eigenvalue weighted by Gasteiger charge is 2.23. The Labute approximate surface area is 119 Å². The monoisotopic (exact) mass is 303 g/mol. The molecule has 0 radical (unpaired) electrons. The zero-order chi connectivity index (χ0) is 15.3. The summed E-state index contributed by atoms with van der Waals surface area (Å²) in [6.45, 7) is 2.89. The van der Waals surface area contributed by atoms with E-state index in [1.54, 1.807) is 13.8 Å². The van der Waals surface area contributed by atoms with Crippen molar-refractivity contribution in [1.29, 1.82) is 0 Å². The lowest BCUT2D eigenvalue weighted by Gasteiger charge is -2.17. The molecule has 0 unspecified atom stereocenters. The van der Waals surface area contributed by atoms with Crippen molar-refractivity contribution in [3.63, 3.8) is 0 Å².